The van der Waals surface area contributed by atoms with Crippen molar-refractivity contribution in [2.24, 2.45) is 17.8 Å². The lowest BCUT2D eigenvalue weighted by atomic mass is 9.90. The number of likely N-dealkylation sites (tertiary alicyclic amines) is 1. The van der Waals surface area contributed by atoms with Gasteiger partial charge >= 0.3 is 6.09 Å². The molecule has 2 heterocycles. The fraction of sp³-hybridized carbons (Fsp3) is 0.660. The normalized spacial score (nSPS) is 18.1. The summed E-state index contributed by atoms with van der Waals surface area (Å²) in [6, 6.07) is 10.7. The van der Waals surface area contributed by atoms with Gasteiger partial charge in [-0.15, -0.1) is 0 Å². The average Bonchev–Trinajstić information content (AvgIpc) is 3.71. The minimum absolute atomic E-state index is 0.00642. The van der Waals surface area contributed by atoms with Crippen LogP contribution in [-0.4, -0.2) is 138 Å². The molecule has 16 heteroatoms. The molecular weight excluding hydrogens is 807 g/mol. The van der Waals surface area contributed by atoms with Crippen molar-refractivity contribution in [2.45, 2.75) is 143 Å². The maximum atomic E-state index is 14.2. The van der Waals surface area contributed by atoms with Gasteiger partial charge in [0.25, 0.3) is 0 Å². The van der Waals surface area contributed by atoms with E-state index in [2.05, 4.69) is 20.9 Å². The van der Waals surface area contributed by atoms with Gasteiger partial charge in [-0.1, -0.05) is 71.4 Å². The minimum atomic E-state index is -0.895. The number of hydrogen-bond acceptors (Lipinski definition) is 11. The summed E-state index contributed by atoms with van der Waals surface area (Å²) in [6.07, 6.45) is 0.878. The van der Waals surface area contributed by atoms with Gasteiger partial charge < -0.3 is 39.8 Å². The summed E-state index contributed by atoms with van der Waals surface area (Å²) in [6.45, 7) is 17.3. The van der Waals surface area contributed by atoms with E-state index in [0.29, 0.717) is 37.3 Å². The van der Waals surface area contributed by atoms with Crippen LogP contribution in [-0.2, 0) is 39.9 Å². The maximum Gasteiger partial charge on any atom is 0.413 e. The van der Waals surface area contributed by atoms with E-state index in [9.17, 15) is 29.1 Å². The molecule has 16 nitrogen and oxygen atoms in total. The highest BCUT2D eigenvalue weighted by Gasteiger charge is 2.42. The molecule has 352 valence electrons. The Morgan fingerprint density at radius 1 is 0.968 bits per heavy atom. The van der Waals surface area contributed by atoms with Crippen LogP contribution in [0, 0.1) is 17.8 Å². The number of rotatable bonds is 22. The number of methoxy groups -OCH3 is 2. The minimum Gasteiger partial charge on any atom is -0.444 e. The second-order valence-corrected chi connectivity index (χ2v) is 18.3. The second-order valence-electron chi connectivity index (χ2n) is 18.3. The first-order valence-electron chi connectivity index (χ1n) is 22.2. The van der Waals surface area contributed by atoms with Gasteiger partial charge in [0.05, 0.1) is 61.4 Å². The molecule has 4 N–H and O–H groups in total. The fourth-order valence-electron chi connectivity index (χ4n) is 8.54. The summed E-state index contributed by atoms with van der Waals surface area (Å²) in [5.74, 6) is -1.57. The van der Waals surface area contributed by atoms with Crippen LogP contribution in [0.1, 0.15) is 105 Å². The molecule has 1 saturated heterocycles. The third kappa shape index (κ3) is 15.3. The number of anilines is 1. The summed E-state index contributed by atoms with van der Waals surface area (Å²) in [4.78, 5) is 77.1. The van der Waals surface area contributed by atoms with Gasteiger partial charge in [0.15, 0.2) is 0 Å². The number of aliphatic hydroxyl groups is 1. The van der Waals surface area contributed by atoms with Crippen LogP contribution in [0.25, 0.3) is 0 Å². The number of nitrogens with zero attached hydrogens (tertiary/aromatic N) is 4. The molecule has 0 radical (unpaired) electrons. The molecule has 3 rings (SSSR count). The van der Waals surface area contributed by atoms with E-state index in [1.54, 1.807) is 76.9 Å². The highest BCUT2D eigenvalue weighted by atomic mass is 16.6. The molecular formula is C47H75N7O9. The SMILES string of the molecule is CC[C@H](C)C([C@@H](CC(=O)N1CCC[C@H]1[C@H](OC)[C@@H](C)C(=O)N[C@H](C)[C@@H](O)c1ccccc1)OC)N(C)C(=O)CNC(=O)C(C(C)C)N(C)Cc1ccnc(NC(=O)OC(C)(C)C)c1. The molecule has 0 spiro atoms. The molecule has 5 amide bonds. The van der Waals surface area contributed by atoms with Crippen LogP contribution in [0.3, 0.4) is 0 Å². The lowest BCUT2D eigenvalue weighted by Crippen LogP contribution is -2.55. The monoisotopic (exact) mass is 882 g/mol. The van der Waals surface area contributed by atoms with Crippen LogP contribution in [0.15, 0.2) is 48.7 Å². The molecule has 0 bridgehead atoms. The highest BCUT2D eigenvalue weighted by molar-refractivity contribution is 5.88. The molecule has 0 aliphatic carbocycles. The largest absolute Gasteiger partial charge is 0.444 e. The number of carbonyl (C=O) groups excluding carboxylic acids is 5. The Kier molecular flexibility index (Phi) is 20.4. The summed E-state index contributed by atoms with van der Waals surface area (Å²) in [7, 11) is 6.58. The zero-order valence-electron chi connectivity index (χ0n) is 39.8. The van der Waals surface area contributed by atoms with E-state index in [-0.39, 0.29) is 54.5 Å². The van der Waals surface area contributed by atoms with Crippen LogP contribution < -0.4 is 16.0 Å². The van der Waals surface area contributed by atoms with Gasteiger partial charge in [0, 0.05) is 40.6 Å². The number of nitrogens with one attached hydrogen (secondary N) is 3. The van der Waals surface area contributed by atoms with Crippen LogP contribution >= 0.6 is 0 Å². The van der Waals surface area contributed by atoms with Gasteiger partial charge in [-0.25, -0.2) is 9.78 Å². The average molecular weight is 882 g/mol. The van der Waals surface area contributed by atoms with Gasteiger partial charge in [-0.05, 0) is 82.7 Å². The van der Waals surface area contributed by atoms with E-state index < -0.39 is 54.0 Å². The topological polar surface area (TPSA) is 192 Å². The van der Waals surface area contributed by atoms with E-state index in [0.717, 1.165) is 12.0 Å². The van der Waals surface area contributed by atoms with Crippen molar-refractivity contribution in [3.63, 3.8) is 0 Å². The quantitative estimate of drug-likeness (QED) is 0.122. The standard InChI is InChI=1S/C47H75N7O9/c1-14-30(4)41(53(11)39(56)27-49-45(59)40(29(2)3)52(10)28-33-22-23-48-37(25-33)51-46(60)63-47(7,8)9)36(61-12)26-38(55)54-24-18-21-35(54)43(62-13)31(5)44(58)50-32(6)42(57)34-19-16-15-17-20-34/h15-17,19-20,22-23,25,29-32,35-36,40-43,57H,14,18,21,24,26-28H2,1-13H3,(H,49,59)(H,50,58)(H,48,51,60)/t30-,31+,32+,35-,36+,40?,41?,42+,43+/m0/s1. The number of benzene rings is 1. The smallest absolute Gasteiger partial charge is 0.413 e. The van der Waals surface area contributed by atoms with Crippen molar-refractivity contribution < 1.29 is 43.3 Å². The zero-order valence-corrected chi connectivity index (χ0v) is 39.8. The zero-order chi connectivity index (χ0) is 47.2. The van der Waals surface area contributed by atoms with E-state index in [1.807, 2.05) is 70.0 Å². The molecule has 2 aromatic rings. The van der Waals surface area contributed by atoms with Gasteiger partial charge in [0.2, 0.25) is 23.6 Å². The van der Waals surface area contributed by atoms with Gasteiger partial charge in [-0.2, -0.15) is 0 Å². The van der Waals surface area contributed by atoms with Crippen molar-refractivity contribution in [2.75, 3.05) is 46.7 Å². The van der Waals surface area contributed by atoms with E-state index in [4.69, 9.17) is 14.2 Å². The second kappa shape index (κ2) is 24.4. The summed E-state index contributed by atoms with van der Waals surface area (Å²) in [5.41, 5.74) is 0.842. The first-order chi connectivity index (χ1) is 29.6. The Bertz CT molecular complexity index is 1790. The molecule has 1 fully saturated rings. The van der Waals surface area contributed by atoms with Crippen molar-refractivity contribution in [3.05, 3.63) is 59.8 Å². The number of pyridine rings is 1. The summed E-state index contributed by atoms with van der Waals surface area (Å²) in [5, 5.41) is 19.3. The summed E-state index contributed by atoms with van der Waals surface area (Å²) < 4.78 is 17.3. The molecule has 9 atom stereocenters. The maximum absolute atomic E-state index is 14.2. The first kappa shape index (κ1) is 52.7. The molecule has 1 aliphatic rings. The number of amides is 5. The predicted octanol–water partition coefficient (Wildman–Crippen LogP) is 5.16. The molecule has 1 aliphatic heterocycles. The van der Waals surface area contributed by atoms with E-state index in [1.165, 1.54) is 7.11 Å². The Morgan fingerprint density at radius 2 is 1.63 bits per heavy atom. The van der Waals surface area contributed by atoms with Crippen molar-refractivity contribution in [1.82, 2.24) is 30.3 Å². The Morgan fingerprint density at radius 3 is 2.22 bits per heavy atom. The lowest BCUT2D eigenvalue weighted by molar-refractivity contribution is -0.146. The molecule has 63 heavy (non-hydrogen) atoms. The van der Waals surface area contributed by atoms with Crippen LogP contribution in [0.2, 0.25) is 0 Å². The number of aliphatic hydroxyl groups excluding tert-OH is 1. The first-order valence-corrected chi connectivity index (χ1v) is 22.2. The molecule has 0 saturated carbocycles. The molecule has 2 unspecified atom stereocenters. The third-order valence-electron chi connectivity index (χ3n) is 12.0. The van der Waals surface area contributed by atoms with Crippen LogP contribution in [0.4, 0.5) is 10.6 Å². The van der Waals surface area contributed by atoms with Gasteiger partial charge in [-0.3, -0.25) is 29.4 Å². The third-order valence-corrected chi connectivity index (χ3v) is 12.0. The number of aromatic nitrogens is 1. The summed E-state index contributed by atoms with van der Waals surface area (Å²) >= 11 is 0. The lowest BCUT2D eigenvalue weighted by Gasteiger charge is -2.39. The van der Waals surface area contributed by atoms with Gasteiger partial charge in [0.1, 0.15) is 11.4 Å². The molecule has 1 aromatic heterocycles. The number of ether oxygens (including phenoxy) is 3. The Hall–Kier alpha value is -4.64. The fourth-order valence-corrected chi connectivity index (χ4v) is 8.54. The van der Waals surface area contributed by atoms with Crippen LogP contribution in [0.5, 0.6) is 0 Å². The number of carbonyl (C=O) groups is 5. The van der Waals surface area contributed by atoms with Crippen molar-refractivity contribution in [1.29, 1.82) is 0 Å². The molecule has 1 aromatic carbocycles. The predicted molar refractivity (Wildman–Crippen MR) is 242 cm³/mol. The Balaban J connectivity index is 1.67. The number of likely N-dealkylation sites (N-methyl/N-ethyl adjacent to an activating group) is 2. The number of hydrogen-bond donors (Lipinski definition) is 4. The van der Waals surface area contributed by atoms with Crippen molar-refractivity contribution >= 4 is 35.5 Å². The van der Waals surface area contributed by atoms with Crippen molar-refractivity contribution in [3.8, 4) is 0 Å². The van der Waals surface area contributed by atoms with E-state index >= 15 is 0 Å². The highest BCUT2D eigenvalue weighted by Crippen LogP contribution is 2.30. The Labute approximate surface area is 375 Å².